The van der Waals surface area contributed by atoms with Gasteiger partial charge in [0.05, 0.1) is 0 Å². The van der Waals surface area contributed by atoms with Crippen LogP contribution in [-0.2, 0) is 0 Å². The highest BCUT2D eigenvalue weighted by atomic mass is 15.2. The number of likely N-dealkylation sites (tertiary alicyclic amines) is 1. The highest BCUT2D eigenvalue weighted by Gasteiger charge is 2.49. The van der Waals surface area contributed by atoms with Crippen molar-refractivity contribution in [3.8, 4) is 0 Å². The second-order valence-electron chi connectivity index (χ2n) is 7.08. The Hall–Kier alpha value is -0.0800. The average molecular weight is 252 g/mol. The van der Waals surface area contributed by atoms with Crippen LogP contribution >= 0.6 is 0 Å². The summed E-state index contributed by atoms with van der Waals surface area (Å²) in [4.78, 5) is 2.78. The topological polar surface area (TPSA) is 29.3 Å². The number of hydrogen-bond donors (Lipinski definition) is 1. The van der Waals surface area contributed by atoms with Gasteiger partial charge in [-0.15, -0.1) is 0 Å². The summed E-state index contributed by atoms with van der Waals surface area (Å²) in [5.74, 6) is 0. The summed E-state index contributed by atoms with van der Waals surface area (Å²) in [6, 6.07) is 0. The third kappa shape index (κ3) is 2.60. The quantitative estimate of drug-likeness (QED) is 0.814. The van der Waals surface area contributed by atoms with E-state index in [0.717, 1.165) is 6.54 Å². The van der Waals surface area contributed by atoms with Crippen molar-refractivity contribution in [3.63, 3.8) is 0 Å². The molecule has 1 atom stereocenters. The van der Waals surface area contributed by atoms with E-state index in [1.54, 1.807) is 0 Å². The molecule has 1 heterocycles. The van der Waals surface area contributed by atoms with E-state index in [4.69, 9.17) is 5.73 Å². The molecule has 0 spiro atoms. The van der Waals surface area contributed by atoms with E-state index in [-0.39, 0.29) is 5.54 Å². The summed E-state index contributed by atoms with van der Waals surface area (Å²) in [6.45, 7) is 8.32. The molecule has 0 aromatic heterocycles. The molecular weight excluding hydrogens is 220 g/mol. The molecule has 0 radical (unpaired) electrons. The van der Waals surface area contributed by atoms with Crippen molar-refractivity contribution in [3.05, 3.63) is 0 Å². The predicted molar refractivity (Wildman–Crippen MR) is 78.7 cm³/mol. The van der Waals surface area contributed by atoms with Crippen LogP contribution in [0.25, 0.3) is 0 Å². The first-order chi connectivity index (χ1) is 8.62. The fraction of sp³-hybridized carbons (Fsp3) is 1.00. The number of rotatable bonds is 2. The van der Waals surface area contributed by atoms with Gasteiger partial charge in [-0.3, -0.25) is 4.90 Å². The van der Waals surface area contributed by atoms with Crippen molar-refractivity contribution in [1.82, 2.24) is 4.90 Å². The molecule has 1 saturated heterocycles. The zero-order valence-electron chi connectivity index (χ0n) is 12.5. The lowest BCUT2D eigenvalue weighted by atomic mass is 9.62. The minimum atomic E-state index is 0.280. The number of hydrogen-bond acceptors (Lipinski definition) is 2. The zero-order chi connectivity index (χ0) is 13.1. The van der Waals surface area contributed by atoms with Crippen LogP contribution in [0.4, 0.5) is 0 Å². The number of nitrogens with two attached hydrogens (primary N) is 1. The lowest BCUT2D eigenvalue weighted by molar-refractivity contribution is -0.0474. The third-order valence-electron chi connectivity index (χ3n) is 5.70. The fourth-order valence-electron chi connectivity index (χ4n) is 4.32. The van der Waals surface area contributed by atoms with E-state index < -0.39 is 0 Å². The van der Waals surface area contributed by atoms with Crippen LogP contribution in [0, 0.1) is 5.41 Å². The molecule has 1 unspecified atom stereocenters. The molecule has 2 rings (SSSR count). The van der Waals surface area contributed by atoms with Gasteiger partial charge in [0.2, 0.25) is 0 Å². The maximum absolute atomic E-state index is 6.29. The van der Waals surface area contributed by atoms with E-state index in [2.05, 4.69) is 18.7 Å². The number of nitrogens with zero attached hydrogens (tertiary/aromatic N) is 1. The van der Waals surface area contributed by atoms with Crippen LogP contribution in [-0.4, -0.2) is 30.1 Å². The van der Waals surface area contributed by atoms with Gasteiger partial charge in [-0.2, -0.15) is 0 Å². The van der Waals surface area contributed by atoms with Gasteiger partial charge in [-0.25, -0.2) is 0 Å². The summed E-state index contributed by atoms with van der Waals surface area (Å²) in [5.41, 5.74) is 6.96. The van der Waals surface area contributed by atoms with Gasteiger partial charge in [0.25, 0.3) is 0 Å². The third-order valence-corrected chi connectivity index (χ3v) is 5.70. The van der Waals surface area contributed by atoms with Crippen LogP contribution in [0.2, 0.25) is 0 Å². The van der Waals surface area contributed by atoms with Gasteiger partial charge in [-0.1, -0.05) is 46.0 Å². The van der Waals surface area contributed by atoms with E-state index in [1.807, 2.05) is 0 Å². The molecular formula is C16H32N2. The molecule has 0 aromatic rings. The Balaban J connectivity index is 2.17. The van der Waals surface area contributed by atoms with Gasteiger partial charge in [-0.05, 0) is 44.2 Å². The Morgan fingerprint density at radius 3 is 1.94 bits per heavy atom. The van der Waals surface area contributed by atoms with Crippen LogP contribution in [0.1, 0.15) is 71.6 Å². The molecule has 1 saturated carbocycles. The standard InChI is InChI=1S/C16H32N2/c1-15(2)10-6-7-11-16(15,14-17)18-12-8-4-3-5-9-13-18/h3-14,17H2,1-2H3. The molecule has 0 bridgehead atoms. The second-order valence-corrected chi connectivity index (χ2v) is 7.08. The summed E-state index contributed by atoms with van der Waals surface area (Å²) >= 11 is 0. The molecule has 0 amide bonds. The highest BCUT2D eigenvalue weighted by molar-refractivity contribution is 5.05. The Kier molecular flexibility index (Phi) is 4.71. The van der Waals surface area contributed by atoms with Crippen LogP contribution in [0.15, 0.2) is 0 Å². The van der Waals surface area contributed by atoms with Crippen LogP contribution in [0.5, 0.6) is 0 Å². The summed E-state index contributed by atoms with van der Waals surface area (Å²) in [6.07, 6.45) is 12.4. The minimum Gasteiger partial charge on any atom is -0.329 e. The Bertz CT molecular complexity index is 254. The molecule has 1 aliphatic carbocycles. The molecule has 18 heavy (non-hydrogen) atoms. The monoisotopic (exact) mass is 252 g/mol. The summed E-state index contributed by atoms with van der Waals surface area (Å²) in [7, 11) is 0. The van der Waals surface area contributed by atoms with E-state index in [0.29, 0.717) is 5.41 Å². The van der Waals surface area contributed by atoms with Gasteiger partial charge in [0.15, 0.2) is 0 Å². The molecule has 2 N–H and O–H groups in total. The normalized spacial score (nSPS) is 34.8. The van der Waals surface area contributed by atoms with Crippen LogP contribution < -0.4 is 5.73 Å². The van der Waals surface area contributed by atoms with Crippen LogP contribution in [0.3, 0.4) is 0 Å². The summed E-state index contributed by atoms with van der Waals surface area (Å²) in [5, 5.41) is 0. The molecule has 1 aliphatic heterocycles. The fourth-order valence-corrected chi connectivity index (χ4v) is 4.32. The van der Waals surface area contributed by atoms with Crippen molar-refractivity contribution in [2.24, 2.45) is 11.1 Å². The highest BCUT2D eigenvalue weighted by Crippen LogP contribution is 2.47. The minimum absolute atomic E-state index is 0.280. The lowest BCUT2D eigenvalue weighted by Crippen LogP contribution is -2.64. The van der Waals surface area contributed by atoms with Crippen molar-refractivity contribution in [2.75, 3.05) is 19.6 Å². The van der Waals surface area contributed by atoms with E-state index >= 15 is 0 Å². The first kappa shape index (κ1) is 14.3. The maximum atomic E-state index is 6.29. The van der Waals surface area contributed by atoms with Gasteiger partial charge in [0, 0.05) is 12.1 Å². The Morgan fingerprint density at radius 2 is 1.39 bits per heavy atom. The van der Waals surface area contributed by atoms with Crippen molar-refractivity contribution < 1.29 is 0 Å². The predicted octanol–water partition coefficient (Wildman–Crippen LogP) is 3.55. The molecule has 106 valence electrons. The van der Waals surface area contributed by atoms with E-state index in [9.17, 15) is 0 Å². The van der Waals surface area contributed by atoms with Crippen molar-refractivity contribution in [2.45, 2.75) is 77.2 Å². The van der Waals surface area contributed by atoms with Gasteiger partial charge in [0.1, 0.15) is 0 Å². The Labute approximate surface area is 113 Å². The molecule has 2 aliphatic rings. The Morgan fingerprint density at radius 1 is 0.833 bits per heavy atom. The smallest absolute Gasteiger partial charge is 0.0382 e. The molecule has 2 nitrogen and oxygen atoms in total. The summed E-state index contributed by atoms with van der Waals surface area (Å²) < 4.78 is 0. The molecule has 2 heteroatoms. The van der Waals surface area contributed by atoms with Crippen molar-refractivity contribution >= 4 is 0 Å². The van der Waals surface area contributed by atoms with Gasteiger partial charge < -0.3 is 5.73 Å². The maximum Gasteiger partial charge on any atom is 0.0382 e. The SMILES string of the molecule is CC1(C)CCCCC1(CN)N1CCCCCCC1. The van der Waals surface area contributed by atoms with E-state index in [1.165, 1.54) is 70.9 Å². The lowest BCUT2D eigenvalue weighted by Gasteiger charge is -2.56. The average Bonchev–Trinajstić information content (AvgIpc) is 2.29. The molecule has 2 fully saturated rings. The largest absolute Gasteiger partial charge is 0.329 e. The second kappa shape index (κ2) is 5.92. The zero-order valence-corrected chi connectivity index (χ0v) is 12.5. The first-order valence-electron chi connectivity index (χ1n) is 8.07. The molecule has 0 aromatic carbocycles. The van der Waals surface area contributed by atoms with Crippen molar-refractivity contribution in [1.29, 1.82) is 0 Å². The first-order valence-corrected chi connectivity index (χ1v) is 8.07. The van der Waals surface area contributed by atoms with Gasteiger partial charge >= 0.3 is 0 Å².